The highest BCUT2D eigenvalue weighted by molar-refractivity contribution is 5.97. The minimum absolute atomic E-state index is 0.0438. The highest BCUT2D eigenvalue weighted by Gasteiger charge is 2.11. The molecule has 0 saturated heterocycles. The predicted octanol–water partition coefficient (Wildman–Crippen LogP) is 2.82. The summed E-state index contributed by atoms with van der Waals surface area (Å²) in [6.07, 6.45) is 6.87. The average molecular weight is 346 g/mol. The van der Waals surface area contributed by atoms with Gasteiger partial charge in [0.15, 0.2) is 5.78 Å². The van der Waals surface area contributed by atoms with E-state index in [1.807, 2.05) is 30.3 Å². The van der Waals surface area contributed by atoms with Gasteiger partial charge in [-0.25, -0.2) is 0 Å². The standard InChI is InChI=1S/C20H18N4O2/c25-18(15-4-2-1-3-5-15)6-7-19(26)24-14-17-20(23-13-12-22-17)16-8-10-21-11-9-16/h1-5,8-13H,6-7,14H2,(H,24,26). The number of nitrogens with one attached hydrogen (secondary N) is 1. The van der Waals surface area contributed by atoms with Crippen LogP contribution in [-0.2, 0) is 11.3 Å². The van der Waals surface area contributed by atoms with Crippen LogP contribution in [0.1, 0.15) is 28.9 Å². The lowest BCUT2D eigenvalue weighted by Gasteiger charge is -2.09. The maximum atomic E-state index is 12.1. The van der Waals surface area contributed by atoms with E-state index in [2.05, 4.69) is 20.3 Å². The van der Waals surface area contributed by atoms with E-state index in [4.69, 9.17) is 0 Å². The monoisotopic (exact) mass is 346 g/mol. The molecule has 0 spiro atoms. The lowest BCUT2D eigenvalue weighted by Crippen LogP contribution is -2.24. The van der Waals surface area contributed by atoms with E-state index in [9.17, 15) is 9.59 Å². The summed E-state index contributed by atoms with van der Waals surface area (Å²) in [5, 5.41) is 2.81. The second-order valence-corrected chi connectivity index (χ2v) is 5.65. The zero-order valence-electron chi connectivity index (χ0n) is 14.1. The van der Waals surface area contributed by atoms with Gasteiger partial charge in [-0.3, -0.25) is 24.5 Å². The summed E-state index contributed by atoms with van der Waals surface area (Å²) in [4.78, 5) is 36.8. The molecule has 0 atom stereocenters. The molecule has 6 nitrogen and oxygen atoms in total. The SMILES string of the molecule is O=C(CCC(=O)c1ccccc1)NCc1nccnc1-c1ccncc1. The lowest BCUT2D eigenvalue weighted by molar-refractivity contribution is -0.121. The number of pyridine rings is 1. The first-order valence-corrected chi connectivity index (χ1v) is 8.29. The Morgan fingerprint density at radius 2 is 1.58 bits per heavy atom. The fourth-order valence-corrected chi connectivity index (χ4v) is 2.51. The van der Waals surface area contributed by atoms with Crippen molar-refractivity contribution in [1.82, 2.24) is 20.3 Å². The van der Waals surface area contributed by atoms with Crippen LogP contribution >= 0.6 is 0 Å². The van der Waals surface area contributed by atoms with Crippen LogP contribution in [0.2, 0.25) is 0 Å². The van der Waals surface area contributed by atoms with Crippen molar-refractivity contribution in [2.45, 2.75) is 19.4 Å². The molecule has 2 heterocycles. The van der Waals surface area contributed by atoms with Crippen molar-refractivity contribution < 1.29 is 9.59 Å². The Bertz CT molecular complexity index is 883. The Hall–Kier alpha value is -3.41. The van der Waals surface area contributed by atoms with Crippen LogP contribution in [0.3, 0.4) is 0 Å². The molecule has 26 heavy (non-hydrogen) atoms. The topological polar surface area (TPSA) is 84.8 Å². The number of carbonyl (C=O) groups is 2. The molecule has 0 radical (unpaired) electrons. The first-order valence-electron chi connectivity index (χ1n) is 8.29. The van der Waals surface area contributed by atoms with E-state index in [1.54, 1.807) is 36.9 Å². The van der Waals surface area contributed by atoms with Crippen LogP contribution in [0.15, 0.2) is 67.3 Å². The molecule has 0 aliphatic rings. The molecular weight excluding hydrogens is 328 g/mol. The largest absolute Gasteiger partial charge is 0.350 e. The van der Waals surface area contributed by atoms with Gasteiger partial charge in [-0.2, -0.15) is 0 Å². The van der Waals surface area contributed by atoms with E-state index >= 15 is 0 Å². The number of nitrogens with zero attached hydrogens (tertiary/aromatic N) is 3. The zero-order valence-corrected chi connectivity index (χ0v) is 14.1. The van der Waals surface area contributed by atoms with Crippen LogP contribution in [-0.4, -0.2) is 26.6 Å². The van der Waals surface area contributed by atoms with E-state index in [1.165, 1.54) is 0 Å². The van der Waals surface area contributed by atoms with Crippen LogP contribution in [0.4, 0.5) is 0 Å². The van der Waals surface area contributed by atoms with Gasteiger partial charge in [-0.1, -0.05) is 30.3 Å². The average Bonchev–Trinajstić information content (AvgIpc) is 2.72. The molecule has 1 N–H and O–H groups in total. The molecule has 0 unspecified atom stereocenters. The van der Waals surface area contributed by atoms with Crippen molar-refractivity contribution >= 4 is 11.7 Å². The first-order chi connectivity index (χ1) is 12.7. The molecular formula is C20H18N4O2. The predicted molar refractivity (Wildman–Crippen MR) is 97.1 cm³/mol. The molecule has 0 bridgehead atoms. The van der Waals surface area contributed by atoms with Crippen molar-refractivity contribution in [3.63, 3.8) is 0 Å². The van der Waals surface area contributed by atoms with Crippen LogP contribution in [0.5, 0.6) is 0 Å². The number of benzene rings is 1. The van der Waals surface area contributed by atoms with Crippen LogP contribution in [0.25, 0.3) is 11.3 Å². The number of Topliss-reactive ketones (excluding diaryl/α,β-unsaturated/α-hetero) is 1. The first kappa shape index (κ1) is 17.4. The number of aromatic nitrogens is 3. The van der Waals surface area contributed by atoms with Gasteiger partial charge in [0.25, 0.3) is 0 Å². The molecule has 2 aromatic heterocycles. The summed E-state index contributed by atoms with van der Waals surface area (Å²) >= 11 is 0. The fourth-order valence-electron chi connectivity index (χ4n) is 2.51. The maximum absolute atomic E-state index is 12.1. The van der Waals surface area contributed by atoms with Crippen molar-refractivity contribution in [3.8, 4) is 11.3 Å². The minimum atomic E-state index is -0.194. The van der Waals surface area contributed by atoms with Crippen molar-refractivity contribution in [1.29, 1.82) is 0 Å². The Labute approximate surface area is 151 Å². The summed E-state index contributed by atoms with van der Waals surface area (Å²) in [6.45, 7) is 0.254. The molecule has 6 heteroatoms. The normalized spacial score (nSPS) is 10.3. The molecule has 1 aromatic carbocycles. The molecule has 130 valence electrons. The quantitative estimate of drug-likeness (QED) is 0.665. The highest BCUT2D eigenvalue weighted by atomic mass is 16.2. The van der Waals surface area contributed by atoms with Gasteiger partial charge in [0.1, 0.15) is 0 Å². The van der Waals surface area contributed by atoms with Crippen LogP contribution in [0, 0.1) is 0 Å². The summed E-state index contributed by atoms with van der Waals surface area (Å²) in [7, 11) is 0. The van der Waals surface area contributed by atoms with Gasteiger partial charge in [-0.05, 0) is 12.1 Å². The van der Waals surface area contributed by atoms with Gasteiger partial charge in [0.05, 0.1) is 17.9 Å². The smallest absolute Gasteiger partial charge is 0.220 e. The molecule has 0 fully saturated rings. The van der Waals surface area contributed by atoms with Crippen molar-refractivity contribution in [2.75, 3.05) is 0 Å². The summed E-state index contributed by atoms with van der Waals surface area (Å²) in [5.74, 6) is -0.238. The Morgan fingerprint density at radius 3 is 2.35 bits per heavy atom. The summed E-state index contributed by atoms with van der Waals surface area (Å²) < 4.78 is 0. The van der Waals surface area contributed by atoms with Gasteiger partial charge in [0.2, 0.25) is 5.91 Å². The number of hydrogen-bond acceptors (Lipinski definition) is 5. The number of amides is 1. The van der Waals surface area contributed by atoms with Crippen LogP contribution < -0.4 is 5.32 Å². The van der Waals surface area contributed by atoms with Gasteiger partial charge in [-0.15, -0.1) is 0 Å². The molecule has 1 amide bonds. The molecule has 0 saturated carbocycles. The number of rotatable bonds is 7. The summed E-state index contributed by atoms with van der Waals surface area (Å²) in [6, 6.07) is 12.7. The third-order valence-electron chi connectivity index (χ3n) is 3.86. The number of ketones is 1. The minimum Gasteiger partial charge on any atom is -0.350 e. The van der Waals surface area contributed by atoms with E-state index in [0.717, 1.165) is 5.56 Å². The number of carbonyl (C=O) groups excluding carboxylic acids is 2. The number of hydrogen-bond donors (Lipinski definition) is 1. The van der Waals surface area contributed by atoms with Gasteiger partial charge < -0.3 is 5.32 Å². The lowest BCUT2D eigenvalue weighted by atomic mass is 10.1. The molecule has 3 aromatic rings. The van der Waals surface area contributed by atoms with Gasteiger partial charge in [0, 0.05) is 48.8 Å². The van der Waals surface area contributed by atoms with Crippen molar-refractivity contribution in [3.05, 3.63) is 78.5 Å². The van der Waals surface area contributed by atoms with E-state index < -0.39 is 0 Å². The van der Waals surface area contributed by atoms with E-state index in [0.29, 0.717) is 17.0 Å². The maximum Gasteiger partial charge on any atom is 0.220 e. The Morgan fingerprint density at radius 1 is 0.846 bits per heavy atom. The molecule has 0 aliphatic heterocycles. The molecule has 3 rings (SSSR count). The third-order valence-corrected chi connectivity index (χ3v) is 3.86. The Balaban J connectivity index is 1.56. The van der Waals surface area contributed by atoms with E-state index in [-0.39, 0.29) is 31.1 Å². The second-order valence-electron chi connectivity index (χ2n) is 5.65. The second kappa shape index (κ2) is 8.62. The third kappa shape index (κ3) is 4.57. The summed E-state index contributed by atoms with van der Waals surface area (Å²) in [5.41, 5.74) is 2.88. The fraction of sp³-hybridized carbons (Fsp3) is 0.150. The highest BCUT2D eigenvalue weighted by Crippen LogP contribution is 2.18. The zero-order chi connectivity index (χ0) is 18.2. The van der Waals surface area contributed by atoms with Crippen molar-refractivity contribution in [2.24, 2.45) is 0 Å². The Kier molecular flexibility index (Phi) is 5.77. The van der Waals surface area contributed by atoms with Gasteiger partial charge >= 0.3 is 0 Å². The molecule has 0 aliphatic carbocycles.